The van der Waals surface area contributed by atoms with E-state index in [1.807, 2.05) is 0 Å². The van der Waals surface area contributed by atoms with Gasteiger partial charge in [-0.3, -0.25) is 0 Å². The van der Waals surface area contributed by atoms with Crippen LogP contribution in [0.5, 0.6) is 0 Å². The highest BCUT2D eigenvalue weighted by molar-refractivity contribution is 4.80. The fourth-order valence-corrected chi connectivity index (χ4v) is 0.888. The molecule has 0 aromatic heterocycles. The van der Waals surface area contributed by atoms with Crippen molar-refractivity contribution < 1.29 is 13.5 Å². The minimum atomic E-state index is -2.43. The number of alkyl halides is 2. The molecule has 0 radical (unpaired) electrons. The molecule has 1 fully saturated rings. The van der Waals surface area contributed by atoms with Gasteiger partial charge in [-0.25, -0.2) is 8.78 Å². The third kappa shape index (κ3) is 1.37. The lowest BCUT2D eigenvalue weighted by Gasteiger charge is -2.11. The molecule has 0 saturated carbocycles. The van der Waals surface area contributed by atoms with Crippen LogP contribution in [0.25, 0.3) is 0 Å². The van der Waals surface area contributed by atoms with E-state index in [1.54, 1.807) is 0 Å². The van der Waals surface area contributed by atoms with E-state index in [-0.39, 0.29) is 0 Å². The Bertz CT molecular complexity index is 99.0. The lowest BCUT2D eigenvalue weighted by atomic mass is 10.2. The maximum atomic E-state index is 11.8. The molecular formula is C5H9F2NO. The van der Waals surface area contributed by atoms with Gasteiger partial charge in [-0.1, -0.05) is 0 Å². The summed E-state index contributed by atoms with van der Waals surface area (Å²) in [5.74, 6) is 0. The zero-order valence-corrected chi connectivity index (χ0v) is 4.89. The predicted molar refractivity (Wildman–Crippen MR) is 28.3 cm³/mol. The summed E-state index contributed by atoms with van der Waals surface area (Å²) in [6.07, 6.45) is -2.90. The SMILES string of the molecule is NC1CCOC1C(F)F. The molecule has 1 aliphatic heterocycles. The van der Waals surface area contributed by atoms with Crippen LogP contribution in [0.4, 0.5) is 8.78 Å². The smallest absolute Gasteiger partial charge is 0.265 e. The predicted octanol–water partition coefficient (Wildman–Crippen LogP) is 0.368. The van der Waals surface area contributed by atoms with Gasteiger partial charge in [-0.15, -0.1) is 0 Å². The third-order valence-corrected chi connectivity index (χ3v) is 1.43. The largest absolute Gasteiger partial charge is 0.371 e. The normalized spacial score (nSPS) is 36.0. The summed E-state index contributed by atoms with van der Waals surface area (Å²) in [5, 5.41) is 0. The summed E-state index contributed by atoms with van der Waals surface area (Å²) in [6.45, 7) is 0.371. The van der Waals surface area contributed by atoms with Gasteiger partial charge < -0.3 is 10.5 Å². The van der Waals surface area contributed by atoms with Crippen molar-refractivity contribution in [3.05, 3.63) is 0 Å². The Morgan fingerprint density at radius 1 is 1.56 bits per heavy atom. The minimum absolute atomic E-state index is 0.371. The van der Waals surface area contributed by atoms with Gasteiger partial charge in [-0.2, -0.15) is 0 Å². The standard InChI is InChI=1S/C5H9F2NO/c6-5(7)4-3(8)1-2-9-4/h3-5H,1-2,8H2. The molecule has 0 aromatic rings. The number of hydrogen-bond acceptors (Lipinski definition) is 2. The zero-order valence-electron chi connectivity index (χ0n) is 4.89. The Hall–Kier alpha value is -0.220. The monoisotopic (exact) mass is 137 g/mol. The molecule has 1 rings (SSSR count). The van der Waals surface area contributed by atoms with Crippen LogP contribution in [-0.2, 0) is 4.74 Å². The number of hydrogen-bond donors (Lipinski definition) is 1. The fraction of sp³-hybridized carbons (Fsp3) is 1.00. The summed E-state index contributed by atoms with van der Waals surface area (Å²) >= 11 is 0. The molecule has 4 heteroatoms. The third-order valence-electron chi connectivity index (χ3n) is 1.43. The first-order valence-electron chi connectivity index (χ1n) is 2.87. The molecule has 0 amide bonds. The van der Waals surface area contributed by atoms with Gasteiger partial charge in [0.05, 0.1) is 0 Å². The lowest BCUT2D eigenvalue weighted by molar-refractivity contribution is -0.0274. The van der Waals surface area contributed by atoms with Crippen LogP contribution in [0.15, 0.2) is 0 Å². The molecule has 0 spiro atoms. The van der Waals surface area contributed by atoms with Crippen LogP contribution < -0.4 is 5.73 Å². The second-order valence-corrected chi connectivity index (χ2v) is 2.12. The van der Waals surface area contributed by atoms with E-state index in [9.17, 15) is 8.78 Å². The van der Waals surface area contributed by atoms with Crippen molar-refractivity contribution in [1.29, 1.82) is 0 Å². The molecule has 2 N–H and O–H groups in total. The Balaban J connectivity index is 2.40. The molecule has 1 heterocycles. The van der Waals surface area contributed by atoms with Gasteiger partial charge in [0.2, 0.25) is 0 Å². The summed E-state index contributed by atoms with van der Waals surface area (Å²) < 4.78 is 28.2. The lowest BCUT2D eigenvalue weighted by Crippen LogP contribution is -2.35. The van der Waals surface area contributed by atoms with E-state index in [4.69, 9.17) is 5.73 Å². The average Bonchev–Trinajstić information content (AvgIpc) is 2.13. The summed E-state index contributed by atoms with van der Waals surface area (Å²) in [4.78, 5) is 0. The van der Waals surface area contributed by atoms with Crippen LogP contribution in [0, 0.1) is 0 Å². The highest BCUT2D eigenvalue weighted by Gasteiger charge is 2.32. The molecule has 1 aliphatic rings. The Kier molecular flexibility index (Phi) is 1.97. The van der Waals surface area contributed by atoms with Crippen LogP contribution in [0.1, 0.15) is 6.42 Å². The molecule has 0 aromatic carbocycles. The molecule has 54 valence electrons. The van der Waals surface area contributed by atoms with E-state index >= 15 is 0 Å². The number of nitrogens with two attached hydrogens (primary N) is 1. The highest BCUT2D eigenvalue weighted by Crippen LogP contribution is 2.17. The van der Waals surface area contributed by atoms with E-state index in [2.05, 4.69) is 4.74 Å². The number of ether oxygens (including phenoxy) is 1. The van der Waals surface area contributed by atoms with Crippen molar-refractivity contribution in [1.82, 2.24) is 0 Å². The molecule has 2 nitrogen and oxygen atoms in total. The second-order valence-electron chi connectivity index (χ2n) is 2.12. The van der Waals surface area contributed by atoms with Crippen molar-refractivity contribution in [3.63, 3.8) is 0 Å². The Labute approximate surface area is 52.0 Å². The topological polar surface area (TPSA) is 35.2 Å². The minimum Gasteiger partial charge on any atom is -0.371 e. The van der Waals surface area contributed by atoms with Gasteiger partial charge in [0.25, 0.3) is 6.43 Å². The fourth-order valence-electron chi connectivity index (χ4n) is 0.888. The molecule has 9 heavy (non-hydrogen) atoms. The van der Waals surface area contributed by atoms with Gasteiger partial charge in [-0.05, 0) is 6.42 Å². The van der Waals surface area contributed by atoms with Crippen LogP contribution in [0.2, 0.25) is 0 Å². The second kappa shape index (κ2) is 2.58. The quantitative estimate of drug-likeness (QED) is 0.566. The van der Waals surface area contributed by atoms with Crippen molar-refractivity contribution in [3.8, 4) is 0 Å². The summed E-state index contributed by atoms with van der Waals surface area (Å²) in [7, 11) is 0. The van der Waals surface area contributed by atoms with E-state index in [0.29, 0.717) is 13.0 Å². The maximum absolute atomic E-state index is 11.8. The van der Waals surface area contributed by atoms with Crippen molar-refractivity contribution in [2.75, 3.05) is 6.61 Å². The number of rotatable bonds is 1. The molecule has 0 aliphatic carbocycles. The van der Waals surface area contributed by atoms with Crippen molar-refractivity contribution in [2.45, 2.75) is 25.0 Å². The van der Waals surface area contributed by atoms with E-state index in [0.717, 1.165) is 0 Å². The zero-order chi connectivity index (χ0) is 6.85. The van der Waals surface area contributed by atoms with Gasteiger partial charge in [0.1, 0.15) is 6.10 Å². The van der Waals surface area contributed by atoms with Crippen LogP contribution in [0.3, 0.4) is 0 Å². The van der Waals surface area contributed by atoms with E-state index in [1.165, 1.54) is 0 Å². The molecule has 1 saturated heterocycles. The first kappa shape index (κ1) is 6.89. The van der Waals surface area contributed by atoms with Crippen molar-refractivity contribution >= 4 is 0 Å². The molecule has 2 atom stereocenters. The Morgan fingerprint density at radius 3 is 2.44 bits per heavy atom. The van der Waals surface area contributed by atoms with E-state index < -0.39 is 18.6 Å². The Morgan fingerprint density at radius 2 is 2.22 bits per heavy atom. The first-order valence-corrected chi connectivity index (χ1v) is 2.87. The first-order chi connectivity index (χ1) is 4.22. The number of halogens is 2. The summed E-state index contributed by atoms with van der Waals surface area (Å²) in [6, 6.07) is -0.468. The highest BCUT2D eigenvalue weighted by atomic mass is 19.3. The molecule has 0 bridgehead atoms. The van der Waals surface area contributed by atoms with Gasteiger partial charge in [0, 0.05) is 12.6 Å². The van der Waals surface area contributed by atoms with Crippen LogP contribution >= 0.6 is 0 Å². The summed E-state index contributed by atoms with van der Waals surface area (Å²) in [5.41, 5.74) is 5.27. The maximum Gasteiger partial charge on any atom is 0.265 e. The van der Waals surface area contributed by atoms with Gasteiger partial charge in [0.15, 0.2) is 0 Å². The average molecular weight is 137 g/mol. The van der Waals surface area contributed by atoms with Crippen LogP contribution in [-0.4, -0.2) is 25.2 Å². The molecule has 2 unspecified atom stereocenters. The van der Waals surface area contributed by atoms with Gasteiger partial charge >= 0.3 is 0 Å². The molecular weight excluding hydrogens is 128 g/mol. The van der Waals surface area contributed by atoms with Crippen molar-refractivity contribution in [2.24, 2.45) is 5.73 Å².